The molecule has 5 heteroatoms. The largest absolute Gasteiger partial charge is 0.377 e. The minimum Gasteiger partial charge on any atom is -0.377 e. The average Bonchev–Trinajstić information content (AvgIpc) is 1.85. The number of amides is 2. The number of carbonyl (C=O) groups excluding carboxylic acids is 2. The number of carbonyl (C=O) groups is 2. The molecule has 0 saturated carbocycles. The van der Waals surface area contributed by atoms with Gasteiger partial charge in [-0.15, -0.1) is 0 Å². The smallest absolute Gasteiger partial charge is 0.222 e. The van der Waals surface area contributed by atoms with Crippen LogP contribution in [-0.2, 0) is 9.59 Å². The number of hydrogen-bond donors (Lipinski definition) is 3. The Kier molecular flexibility index (Phi) is 4.23. The molecule has 0 aromatic rings. The van der Waals surface area contributed by atoms with E-state index < -0.39 is 12.6 Å². The van der Waals surface area contributed by atoms with E-state index in [1.807, 2.05) is 0 Å². The van der Waals surface area contributed by atoms with Crippen LogP contribution in [-0.4, -0.2) is 23.7 Å². The lowest BCUT2D eigenvalue weighted by molar-refractivity contribution is -0.125. The Bertz CT molecular complexity index is 135. The predicted octanol–water partition coefficient (Wildman–Crippen LogP) is -1.68. The summed E-state index contributed by atoms with van der Waals surface area (Å²) in [6.07, 6.45) is 0.0573. The van der Waals surface area contributed by atoms with Crippen LogP contribution in [0.2, 0.25) is 0 Å². The molecule has 0 saturated heterocycles. The van der Waals surface area contributed by atoms with Crippen LogP contribution in [0.25, 0.3) is 0 Å². The van der Waals surface area contributed by atoms with Gasteiger partial charge in [0.05, 0.1) is 0 Å². The van der Waals surface area contributed by atoms with Crippen molar-refractivity contribution in [2.24, 2.45) is 5.73 Å². The molecule has 0 fully saturated rings. The first-order valence-corrected chi connectivity index (χ1v) is 2.82. The summed E-state index contributed by atoms with van der Waals surface area (Å²) in [4.78, 5) is 20.6. The van der Waals surface area contributed by atoms with E-state index in [-0.39, 0.29) is 18.7 Å². The molecule has 0 aliphatic heterocycles. The fourth-order valence-corrected chi connectivity index (χ4v) is 0.413. The van der Waals surface area contributed by atoms with Crippen molar-refractivity contribution in [3.63, 3.8) is 0 Å². The van der Waals surface area contributed by atoms with Crippen molar-refractivity contribution in [1.29, 1.82) is 0 Å². The van der Waals surface area contributed by atoms with Gasteiger partial charge in [0, 0.05) is 12.8 Å². The Morgan fingerprint density at radius 2 is 2.00 bits per heavy atom. The van der Waals surface area contributed by atoms with Crippen molar-refractivity contribution in [1.82, 2.24) is 5.32 Å². The number of primary amides is 1. The van der Waals surface area contributed by atoms with Crippen molar-refractivity contribution in [3.05, 3.63) is 0 Å². The van der Waals surface area contributed by atoms with E-state index in [9.17, 15) is 9.59 Å². The maximum Gasteiger partial charge on any atom is 0.222 e. The molecule has 0 heterocycles. The fraction of sp³-hybridized carbons (Fsp3) is 0.600. The van der Waals surface area contributed by atoms with Gasteiger partial charge in [0.25, 0.3) is 0 Å². The zero-order chi connectivity index (χ0) is 7.98. The van der Waals surface area contributed by atoms with Crippen LogP contribution in [0, 0.1) is 0 Å². The number of aliphatic hydroxyl groups is 1. The van der Waals surface area contributed by atoms with Crippen LogP contribution in [0.15, 0.2) is 0 Å². The summed E-state index contributed by atoms with van der Waals surface area (Å²) in [6.45, 7) is -0.405. The molecule has 0 unspecified atom stereocenters. The molecule has 0 radical (unpaired) electrons. The molecule has 0 aliphatic rings. The molecule has 0 aromatic carbocycles. The zero-order valence-corrected chi connectivity index (χ0v) is 5.46. The molecule has 4 N–H and O–H groups in total. The molecule has 0 bridgehead atoms. The average molecular weight is 146 g/mol. The Morgan fingerprint density at radius 3 is 2.40 bits per heavy atom. The molecule has 10 heavy (non-hydrogen) atoms. The molecule has 0 aliphatic carbocycles. The highest BCUT2D eigenvalue weighted by Gasteiger charge is 2.01. The van der Waals surface area contributed by atoms with Gasteiger partial charge < -0.3 is 16.2 Å². The molecular weight excluding hydrogens is 136 g/mol. The molecule has 0 spiro atoms. The van der Waals surface area contributed by atoms with E-state index in [0.29, 0.717) is 0 Å². The second kappa shape index (κ2) is 4.75. The normalized spacial score (nSPS) is 8.90. The minimum atomic E-state index is -0.520. The molecule has 58 valence electrons. The summed E-state index contributed by atoms with van der Waals surface area (Å²) in [5, 5.41) is 10.3. The summed E-state index contributed by atoms with van der Waals surface area (Å²) >= 11 is 0. The topological polar surface area (TPSA) is 92.4 Å². The van der Waals surface area contributed by atoms with E-state index in [4.69, 9.17) is 10.8 Å². The molecule has 2 amide bonds. The maximum atomic E-state index is 10.5. The molecule has 0 rings (SSSR count). The van der Waals surface area contributed by atoms with Gasteiger partial charge >= 0.3 is 0 Å². The second-order valence-corrected chi connectivity index (χ2v) is 1.72. The summed E-state index contributed by atoms with van der Waals surface area (Å²) in [5.74, 6) is -0.894. The summed E-state index contributed by atoms with van der Waals surface area (Å²) in [6, 6.07) is 0. The predicted molar refractivity (Wildman–Crippen MR) is 33.7 cm³/mol. The van der Waals surface area contributed by atoms with Gasteiger partial charge in [-0.3, -0.25) is 9.59 Å². The Hall–Kier alpha value is -1.10. The van der Waals surface area contributed by atoms with Crippen LogP contribution in [0.4, 0.5) is 0 Å². The van der Waals surface area contributed by atoms with Crippen molar-refractivity contribution < 1.29 is 14.7 Å². The lowest BCUT2D eigenvalue weighted by Gasteiger charge is -1.97. The van der Waals surface area contributed by atoms with Gasteiger partial charge in [-0.25, -0.2) is 0 Å². The highest BCUT2D eigenvalue weighted by atomic mass is 16.3. The van der Waals surface area contributed by atoms with Crippen LogP contribution in [0.1, 0.15) is 12.8 Å². The van der Waals surface area contributed by atoms with E-state index >= 15 is 0 Å². The molecule has 0 aromatic heterocycles. The van der Waals surface area contributed by atoms with E-state index in [1.54, 1.807) is 0 Å². The Balaban J connectivity index is 3.30. The minimum absolute atomic E-state index is 0.0197. The monoisotopic (exact) mass is 146 g/mol. The third-order valence-electron chi connectivity index (χ3n) is 0.875. The van der Waals surface area contributed by atoms with E-state index in [2.05, 4.69) is 5.32 Å². The molecule has 0 atom stereocenters. The van der Waals surface area contributed by atoms with Gasteiger partial charge in [0.15, 0.2) is 0 Å². The van der Waals surface area contributed by atoms with Crippen LogP contribution in [0.3, 0.4) is 0 Å². The standard InChI is InChI=1S/C5H10N2O3/c6-4(9)1-2-5(10)7-3-8/h8H,1-3H2,(H2,6,9)(H,7,10). The summed E-state index contributed by atoms with van der Waals surface area (Å²) < 4.78 is 0. The lowest BCUT2D eigenvalue weighted by Crippen LogP contribution is -2.25. The van der Waals surface area contributed by atoms with Crippen LogP contribution in [0.5, 0.6) is 0 Å². The maximum absolute atomic E-state index is 10.5. The quantitative estimate of drug-likeness (QED) is 0.413. The Morgan fingerprint density at radius 1 is 1.40 bits per heavy atom. The number of aliphatic hydroxyl groups excluding tert-OH is 1. The van der Waals surface area contributed by atoms with Gasteiger partial charge in [0.1, 0.15) is 6.73 Å². The fourth-order valence-electron chi connectivity index (χ4n) is 0.413. The summed E-state index contributed by atoms with van der Waals surface area (Å²) in [5.41, 5.74) is 4.76. The van der Waals surface area contributed by atoms with Gasteiger partial charge in [-0.2, -0.15) is 0 Å². The third-order valence-corrected chi connectivity index (χ3v) is 0.875. The first-order valence-electron chi connectivity index (χ1n) is 2.82. The van der Waals surface area contributed by atoms with E-state index in [0.717, 1.165) is 0 Å². The zero-order valence-electron chi connectivity index (χ0n) is 5.46. The Labute approximate surface area is 58.2 Å². The first kappa shape index (κ1) is 8.90. The van der Waals surface area contributed by atoms with Crippen molar-refractivity contribution in [3.8, 4) is 0 Å². The SMILES string of the molecule is NC(=O)CCC(=O)NCO. The van der Waals surface area contributed by atoms with Crippen molar-refractivity contribution in [2.75, 3.05) is 6.73 Å². The number of nitrogens with one attached hydrogen (secondary N) is 1. The lowest BCUT2D eigenvalue weighted by atomic mass is 10.3. The van der Waals surface area contributed by atoms with Crippen molar-refractivity contribution in [2.45, 2.75) is 12.8 Å². The van der Waals surface area contributed by atoms with E-state index in [1.165, 1.54) is 0 Å². The number of rotatable bonds is 4. The molecule has 5 nitrogen and oxygen atoms in total. The van der Waals surface area contributed by atoms with Crippen LogP contribution < -0.4 is 11.1 Å². The van der Waals surface area contributed by atoms with Gasteiger partial charge in [0.2, 0.25) is 11.8 Å². The van der Waals surface area contributed by atoms with Gasteiger partial charge in [-0.05, 0) is 0 Å². The van der Waals surface area contributed by atoms with Gasteiger partial charge in [-0.1, -0.05) is 0 Å². The highest BCUT2D eigenvalue weighted by Crippen LogP contribution is 1.85. The third kappa shape index (κ3) is 5.04. The number of hydrogen-bond acceptors (Lipinski definition) is 3. The second-order valence-electron chi connectivity index (χ2n) is 1.72. The number of nitrogens with two attached hydrogens (primary N) is 1. The summed E-state index contributed by atoms with van der Waals surface area (Å²) in [7, 11) is 0. The first-order chi connectivity index (χ1) is 4.66. The highest BCUT2D eigenvalue weighted by molar-refractivity contribution is 5.82. The molecular formula is C5H10N2O3. The van der Waals surface area contributed by atoms with Crippen LogP contribution >= 0.6 is 0 Å². The van der Waals surface area contributed by atoms with Crippen molar-refractivity contribution >= 4 is 11.8 Å².